The molecule has 0 bridgehead atoms. The predicted octanol–water partition coefficient (Wildman–Crippen LogP) is 5.71. The summed E-state index contributed by atoms with van der Waals surface area (Å²) in [4.78, 5) is 37.9. The molecule has 0 aliphatic carbocycles. The van der Waals surface area contributed by atoms with Gasteiger partial charge in [-0.25, -0.2) is 9.97 Å². The molecule has 9 nitrogen and oxygen atoms in total. The van der Waals surface area contributed by atoms with Gasteiger partial charge in [0.1, 0.15) is 0 Å². The molecule has 1 fully saturated rings. The Hall–Kier alpha value is -3.76. The summed E-state index contributed by atoms with van der Waals surface area (Å²) in [5.74, 6) is 0.753. The van der Waals surface area contributed by atoms with Gasteiger partial charge in [-0.15, -0.1) is 11.3 Å². The first-order chi connectivity index (χ1) is 19.1. The Labute approximate surface area is 238 Å². The number of hydrogen-bond acceptors (Lipinski definition) is 7. The number of nitrogens with one attached hydrogen (secondary N) is 2. The van der Waals surface area contributed by atoms with E-state index < -0.39 is 0 Å². The van der Waals surface area contributed by atoms with Crippen molar-refractivity contribution in [2.24, 2.45) is 5.41 Å². The second-order valence-electron chi connectivity index (χ2n) is 11.4. The minimum atomic E-state index is -0.251. The molecule has 210 valence electrons. The van der Waals surface area contributed by atoms with Crippen LogP contribution in [-0.2, 0) is 17.9 Å². The molecule has 1 aromatic carbocycles. The van der Waals surface area contributed by atoms with Gasteiger partial charge in [0.15, 0.2) is 12.2 Å². The molecule has 1 aliphatic heterocycles. The van der Waals surface area contributed by atoms with Crippen LogP contribution in [0.1, 0.15) is 55.8 Å². The summed E-state index contributed by atoms with van der Waals surface area (Å²) in [6.07, 6.45) is 6.17. The molecule has 4 heterocycles. The van der Waals surface area contributed by atoms with Crippen LogP contribution >= 0.6 is 11.3 Å². The molecule has 2 atom stereocenters. The summed E-state index contributed by atoms with van der Waals surface area (Å²) in [6.45, 7) is 14.5. The Morgan fingerprint density at radius 1 is 1.27 bits per heavy atom. The van der Waals surface area contributed by atoms with Crippen molar-refractivity contribution in [1.29, 1.82) is 0 Å². The van der Waals surface area contributed by atoms with Crippen molar-refractivity contribution in [3.63, 3.8) is 0 Å². The van der Waals surface area contributed by atoms with Crippen LogP contribution in [0.4, 0.5) is 5.95 Å². The van der Waals surface area contributed by atoms with Crippen LogP contribution in [0.15, 0.2) is 60.0 Å². The summed E-state index contributed by atoms with van der Waals surface area (Å²) in [6, 6.07) is 10.2. The fourth-order valence-corrected chi connectivity index (χ4v) is 5.73. The molecule has 5 rings (SSSR count). The summed E-state index contributed by atoms with van der Waals surface area (Å²) in [5.41, 5.74) is 2.97. The van der Waals surface area contributed by atoms with E-state index in [1.165, 1.54) is 23.8 Å². The summed E-state index contributed by atoms with van der Waals surface area (Å²) < 4.78 is 7.39. The van der Waals surface area contributed by atoms with Crippen molar-refractivity contribution < 1.29 is 14.0 Å². The maximum absolute atomic E-state index is 13.3. The molecule has 0 radical (unpaired) electrons. The number of fused-ring (bicyclic) bond motifs is 1. The second-order valence-corrected chi connectivity index (χ2v) is 12.4. The van der Waals surface area contributed by atoms with Gasteiger partial charge in [0.25, 0.3) is 5.91 Å². The molecular formula is C30H36N6O3S. The van der Waals surface area contributed by atoms with Gasteiger partial charge < -0.3 is 19.2 Å². The summed E-state index contributed by atoms with van der Waals surface area (Å²) >= 11 is 1.33. The maximum Gasteiger partial charge on any atom is 0.268 e. The lowest BCUT2D eigenvalue weighted by atomic mass is 9.88. The first-order valence-electron chi connectivity index (χ1n) is 13.6. The van der Waals surface area contributed by atoms with Crippen molar-refractivity contribution >= 4 is 40.1 Å². The number of thiophene rings is 1. The van der Waals surface area contributed by atoms with Crippen molar-refractivity contribution in [2.75, 3.05) is 11.9 Å². The normalized spacial score (nSPS) is 16.4. The van der Waals surface area contributed by atoms with E-state index >= 15 is 0 Å². The number of nitrogens with zero attached hydrogens (tertiary/aromatic N) is 4. The van der Waals surface area contributed by atoms with Crippen LogP contribution in [-0.4, -0.2) is 49.9 Å². The van der Waals surface area contributed by atoms with Gasteiger partial charge in [0, 0.05) is 25.7 Å². The van der Waals surface area contributed by atoms with Crippen LogP contribution in [0.2, 0.25) is 0 Å². The smallest absolute Gasteiger partial charge is 0.268 e. The first kappa shape index (κ1) is 27.8. The number of oxazole rings is 1. The Balaban J connectivity index is 1.44. The Bertz CT molecular complexity index is 1510. The Morgan fingerprint density at radius 3 is 2.83 bits per heavy atom. The van der Waals surface area contributed by atoms with E-state index in [1.807, 2.05) is 15.5 Å². The zero-order valence-electron chi connectivity index (χ0n) is 23.4. The average molecular weight is 561 g/mol. The number of anilines is 1. The quantitative estimate of drug-likeness (QED) is 0.254. The predicted molar refractivity (Wildman–Crippen MR) is 158 cm³/mol. The lowest BCUT2D eigenvalue weighted by Crippen LogP contribution is -2.37. The SMILES string of the molecule is C=CC(=O)N1CCCC1Cn1c(NC(=O)c2ccc(-c3cnco3)s2)nc2cc(CNC(C)C(C)(C)C)ccc21. The third-order valence-electron chi connectivity index (χ3n) is 7.68. The Kier molecular flexibility index (Phi) is 7.91. The molecule has 2 N–H and O–H groups in total. The zero-order chi connectivity index (χ0) is 28.4. The van der Waals surface area contributed by atoms with Crippen LogP contribution in [0.25, 0.3) is 21.7 Å². The van der Waals surface area contributed by atoms with Crippen molar-refractivity contribution in [3.05, 3.63) is 66.0 Å². The van der Waals surface area contributed by atoms with E-state index in [0.717, 1.165) is 34.3 Å². The minimum Gasteiger partial charge on any atom is -0.443 e. The van der Waals surface area contributed by atoms with Gasteiger partial charge in [-0.2, -0.15) is 0 Å². The fourth-order valence-electron chi connectivity index (χ4n) is 4.88. The molecule has 0 spiro atoms. The van der Waals surface area contributed by atoms with Crippen LogP contribution in [0, 0.1) is 5.41 Å². The Morgan fingerprint density at radius 2 is 2.10 bits per heavy atom. The highest BCUT2D eigenvalue weighted by atomic mass is 32.1. The summed E-state index contributed by atoms with van der Waals surface area (Å²) in [5, 5.41) is 6.64. The van der Waals surface area contributed by atoms with Crippen LogP contribution in [0.3, 0.4) is 0 Å². The van der Waals surface area contributed by atoms with Gasteiger partial charge in [0.2, 0.25) is 11.9 Å². The van der Waals surface area contributed by atoms with E-state index in [-0.39, 0.29) is 23.3 Å². The highest BCUT2D eigenvalue weighted by molar-refractivity contribution is 7.17. The van der Waals surface area contributed by atoms with E-state index in [9.17, 15) is 9.59 Å². The standard InChI is InChI=1S/C30H36N6O3S/c1-6-27(37)35-13-7-8-21(35)17-36-23-10-9-20(15-32-19(2)30(3,4)5)14-22(23)33-29(36)34-28(38)26-12-11-25(40-26)24-16-31-18-39-24/h6,9-12,14,16,18-19,21,32H,1,7-8,13,15,17H2,2-5H3,(H,33,34,38). The third-order valence-corrected chi connectivity index (χ3v) is 8.78. The molecule has 10 heteroatoms. The van der Waals surface area contributed by atoms with Gasteiger partial charge in [-0.3, -0.25) is 14.9 Å². The molecule has 2 unspecified atom stereocenters. The topological polar surface area (TPSA) is 105 Å². The van der Waals surface area contributed by atoms with Gasteiger partial charge >= 0.3 is 0 Å². The lowest BCUT2D eigenvalue weighted by molar-refractivity contribution is -0.126. The summed E-state index contributed by atoms with van der Waals surface area (Å²) in [7, 11) is 0. The monoisotopic (exact) mass is 560 g/mol. The largest absolute Gasteiger partial charge is 0.443 e. The molecule has 3 aromatic heterocycles. The number of rotatable bonds is 9. The van der Waals surface area contributed by atoms with Gasteiger partial charge in [-0.05, 0) is 61.1 Å². The number of imidazole rings is 1. The number of aromatic nitrogens is 3. The van der Waals surface area contributed by atoms with Gasteiger partial charge in [-0.1, -0.05) is 33.4 Å². The third kappa shape index (κ3) is 5.88. The van der Waals surface area contributed by atoms with Crippen molar-refractivity contribution in [2.45, 2.75) is 65.7 Å². The fraction of sp³-hybridized carbons (Fsp3) is 0.400. The molecule has 0 saturated carbocycles. The zero-order valence-corrected chi connectivity index (χ0v) is 24.3. The number of amides is 2. The highest BCUT2D eigenvalue weighted by Crippen LogP contribution is 2.30. The number of carbonyl (C=O) groups is 2. The highest BCUT2D eigenvalue weighted by Gasteiger charge is 2.29. The lowest BCUT2D eigenvalue weighted by Gasteiger charge is -2.28. The minimum absolute atomic E-state index is 0.00711. The van der Waals surface area contributed by atoms with Crippen molar-refractivity contribution in [1.82, 2.24) is 24.8 Å². The van der Waals surface area contributed by atoms with E-state index in [1.54, 1.807) is 12.3 Å². The second kappa shape index (κ2) is 11.4. The van der Waals surface area contributed by atoms with E-state index in [0.29, 0.717) is 42.3 Å². The number of carbonyl (C=O) groups excluding carboxylic acids is 2. The molecule has 2 amide bonds. The van der Waals surface area contributed by atoms with Crippen LogP contribution in [0.5, 0.6) is 0 Å². The first-order valence-corrected chi connectivity index (χ1v) is 14.4. The van der Waals surface area contributed by atoms with Crippen molar-refractivity contribution in [3.8, 4) is 10.6 Å². The number of hydrogen-bond donors (Lipinski definition) is 2. The average Bonchev–Trinajstić information content (AvgIpc) is 3.73. The van der Waals surface area contributed by atoms with E-state index in [2.05, 4.69) is 68.1 Å². The number of benzene rings is 1. The van der Waals surface area contributed by atoms with E-state index in [4.69, 9.17) is 9.40 Å². The number of likely N-dealkylation sites (tertiary alicyclic amines) is 1. The molecule has 40 heavy (non-hydrogen) atoms. The molecular weight excluding hydrogens is 524 g/mol. The molecule has 1 aliphatic rings. The molecule has 1 saturated heterocycles. The van der Waals surface area contributed by atoms with Gasteiger partial charge in [0.05, 0.1) is 33.0 Å². The maximum atomic E-state index is 13.3. The molecule has 4 aromatic rings. The van der Waals surface area contributed by atoms with Crippen LogP contribution < -0.4 is 10.6 Å².